The van der Waals surface area contributed by atoms with Crippen molar-refractivity contribution in [3.63, 3.8) is 0 Å². The van der Waals surface area contributed by atoms with Crippen LogP contribution >= 0.6 is 22.7 Å². The van der Waals surface area contributed by atoms with Crippen LogP contribution in [-0.2, 0) is 16.0 Å². The molecule has 1 fully saturated rings. The fourth-order valence-corrected chi connectivity index (χ4v) is 6.17. The molecule has 1 aliphatic rings. The van der Waals surface area contributed by atoms with E-state index in [2.05, 4.69) is 24.4 Å². The Balaban J connectivity index is 1.79. The molecule has 1 atom stereocenters. The highest BCUT2D eigenvalue weighted by Gasteiger charge is 2.36. The maximum absolute atomic E-state index is 13.8. The highest BCUT2D eigenvalue weighted by atomic mass is 32.1. The molecular weight excluding hydrogens is 436 g/mol. The van der Waals surface area contributed by atoms with E-state index in [0.29, 0.717) is 0 Å². The fourth-order valence-electron chi connectivity index (χ4n) is 4.80. The van der Waals surface area contributed by atoms with Crippen LogP contribution in [0.1, 0.15) is 58.9 Å². The Morgan fingerprint density at radius 1 is 1.09 bits per heavy atom. The van der Waals surface area contributed by atoms with Crippen LogP contribution in [0.25, 0.3) is 0 Å². The molecule has 3 aromatic rings. The Morgan fingerprint density at radius 2 is 1.81 bits per heavy atom. The summed E-state index contributed by atoms with van der Waals surface area (Å²) in [6.07, 6.45) is 4.58. The van der Waals surface area contributed by atoms with Crippen molar-refractivity contribution in [1.82, 2.24) is 5.32 Å². The lowest BCUT2D eigenvalue weighted by molar-refractivity contribution is -0.127. The minimum atomic E-state index is -0.686. The standard InChI is InChI=1S/C26H30N2O2S2/c1-17-13-18(2)24(19(3)14-17)28(23(29)15-22-9-6-11-32-22)25(20-10-12-31-16-20)26(30)27-21-7-4-5-8-21/h6,9-14,16,21,25H,4-5,7-8,15H2,1-3H3,(H,27,30). The normalized spacial score (nSPS) is 15.0. The predicted molar refractivity (Wildman–Crippen MR) is 134 cm³/mol. The van der Waals surface area contributed by atoms with Crippen LogP contribution in [-0.4, -0.2) is 17.9 Å². The Hall–Kier alpha value is -2.44. The predicted octanol–water partition coefficient (Wildman–Crippen LogP) is 6.11. The number of aryl methyl sites for hydroxylation is 3. The molecule has 1 unspecified atom stereocenters. The topological polar surface area (TPSA) is 49.4 Å². The Kier molecular flexibility index (Phi) is 7.11. The second-order valence-corrected chi connectivity index (χ2v) is 10.5. The number of hydrogen-bond donors (Lipinski definition) is 1. The number of thiophene rings is 2. The minimum Gasteiger partial charge on any atom is -0.351 e. The number of nitrogens with zero attached hydrogens (tertiary/aromatic N) is 1. The van der Waals surface area contributed by atoms with Crippen LogP contribution in [0.2, 0.25) is 0 Å². The van der Waals surface area contributed by atoms with Crippen molar-refractivity contribution in [3.05, 3.63) is 73.6 Å². The third-order valence-electron chi connectivity index (χ3n) is 6.12. The number of carbonyl (C=O) groups is 2. The molecule has 32 heavy (non-hydrogen) atoms. The highest BCUT2D eigenvalue weighted by Crippen LogP contribution is 2.36. The maximum atomic E-state index is 13.8. The lowest BCUT2D eigenvalue weighted by Crippen LogP contribution is -2.47. The van der Waals surface area contributed by atoms with Crippen molar-refractivity contribution in [2.75, 3.05) is 4.90 Å². The number of anilines is 1. The molecule has 1 saturated carbocycles. The van der Waals surface area contributed by atoms with Gasteiger partial charge in [-0.2, -0.15) is 11.3 Å². The first-order valence-electron chi connectivity index (χ1n) is 11.2. The van der Waals surface area contributed by atoms with Crippen LogP contribution < -0.4 is 10.2 Å². The number of benzene rings is 1. The largest absolute Gasteiger partial charge is 0.351 e. The van der Waals surface area contributed by atoms with Crippen molar-refractivity contribution in [1.29, 1.82) is 0 Å². The summed E-state index contributed by atoms with van der Waals surface area (Å²) >= 11 is 3.13. The molecule has 0 bridgehead atoms. The van der Waals surface area contributed by atoms with Gasteiger partial charge in [0.2, 0.25) is 11.8 Å². The Bertz CT molecular complexity index is 1040. The van der Waals surface area contributed by atoms with Gasteiger partial charge in [0.25, 0.3) is 0 Å². The Labute approximate surface area is 198 Å². The monoisotopic (exact) mass is 466 g/mol. The smallest absolute Gasteiger partial charge is 0.248 e. The first-order valence-corrected chi connectivity index (χ1v) is 13.0. The van der Waals surface area contributed by atoms with Crippen LogP contribution in [0.3, 0.4) is 0 Å². The summed E-state index contributed by atoms with van der Waals surface area (Å²) in [7, 11) is 0. The average Bonchev–Trinajstić information content (AvgIpc) is 3.50. The van der Waals surface area contributed by atoms with E-state index in [1.165, 1.54) is 0 Å². The third kappa shape index (κ3) is 4.97. The summed E-state index contributed by atoms with van der Waals surface area (Å²) in [5.41, 5.74) is 4.88. The molecule has 2 aromatic heterocycles. The van der Waals surface area contributed by atoms with Gasteiger partial charge in [-0.25, -0.2) is 0 Å². The van der Waals surface area contributed by atoms with Crippen molar-refractivity contribution in [3.8, 4) is 0 Å². The molecule has 4 rings (SSSR count). The van der Waals surface area contributed by atoms with Crippen LogP contribution in [0.15, 0.2) is 46.5 Å². The van der Waals surface area contributed by atoms with E-state index < -0.39 is 6.04 Å². The van der Waals surface area contributed by atoms with E-state index in [1.54, 1.807) is 27.6 Å². The summed E-state index contributed by atoms with van der Waals surface area (Å²) in [5.74, 6) is -0.144. The van der Waals surface area contributed by atoms with Crippen molar-refractivity contribution in [2.45, 2.75) is 65.0 Å². The zero-order valence-electron chi connectivity index (χ0n) is 18.9. The first kappa shape index (κ1) is 22.7. The van der Waals surface area contributed by atoms with Gasteiger partial charge in [0.1, 0.15) is 6.04 Å². The molecule has 6 heteroatoms. The van der Waals surface area contributed by atoms with Gasteiger partial charge in [-0.05, 0) is 78.6 Å². The molecule has 168 valence electrons. The van der Waals surface area contributed by atoms with Gasteiger partial charge in [0.05, 0.1) is 12.1 Å². The van der Waals surface area contributed by atoms with E-state index in [0.717, 1.165) is 58.5 Å². The van der Waals surface area contributed by atoms with Gasteiger partial charge in [-0.1, -0.05) is 36.6 Å². The molecule has 0 aliphatic heterocycles. The summed E-state index contributed by atoms with van der Waals surface area (Å²) < 4.78 is 0. The van der Waals surface area contributed by atoms with E-state index in [-0.39, 0.29) is 24.3 Å². The minimum absolute atomic E-state index is 0.0553. The zero-order valence-corrected chi connectivity index (χ0v) is 20.5. The molecule has 0 saturated heterocycles. The van der Waals surface area contributed by atoms with Crippen molar-refractivity contribution in [2.24, 2.45) is 0 Å². The van der Waals surface area contributed by atoms with E-state index in [1.807, 2.05) is 48.2 Å². The van der Waals surface area contributed by atoms with Gasteiger partial charge in [0.15, 0.2) is 0 Å². The molecule has 2 amide bonds. The molecule has 1 aliphatic carbocycles. The van der Waals surface area contributed by atoms with Crippen molar-refractivity contribution >= 4 is 40.2 Å². The summed E-state index contributed by atoms with van der Waals surface area (Å²) in [6.45, 7) is 6.12. The van der Waals surface area contributed by atoms with Gasteiger partial charge >= 0.3 is 0 Å². The summed E-state index contributed by atoms with van der Waals surface area (Å²) in [4.78, 5) is 30.3. The second kappa shape index (κ2) is 10.0. The summed E-state index contributed by atoms with van der Waals surface area (Å²) in [5, 5.41) is 9.20. The second-order valence-electron chi connectivity index (χ2n) is 8.72. The lowest BCUT2D eigenvalue weighted by atomic mass is 9.99. The van der Waals surface area contributed by atoms with Gasteiger partial charge < -0.3 is 5.32 Å². The number of carbonyl (C=O) groups excluding carboxylic acids is 2. The quantitative estimate of drug-likeness (QED) is 0.457. The molecule has 1 N–H and O–H groups in total. The zero-order chi connectivity index (χ0) is 22.7. The van der Waals surface area contributed by atoms with Crippen molar-refractivity contribution < 1.29 is 9.59 Å². The summed E-state index contributed by atoms with van der Waals surface area (Å²) in [6, 6.07) is 9.60. The molecular formula is C26H30N2O2S2. The van der Waals surface area contributed by atoms with Crippen LogP contribution in [0, 0.1) is 20.8 Å². The SMILES string of the molecule is Cc1cc(C)c(N(C(=O)Cc2cccs2)C(C(=O)NC2CCCC2)c2ccsc2)c(C)c1. The third-order valence-corrected chi connectivity index (χ3v) is 7.70. The molecule has 0 spiro atoms. The number of nitrogens with one attached hydrogen (secondary N) is 1. The van der Waals surface area contributed by atoms with Gasteiger partial charge in [-0.3, -0.25) is 14.5 Å². The number of hydrogen-bond acceptors (Lipinski definition) is 4. The number of amides is 2. The molecule has 2 heterocycles. The van der Waals surface area contributed by atoms with E-state index >= 15 is 0 Å². The fraction of sp³-hybridized carbons (Fsp3) is 0.385. The molecule has 4 nitrogen and oxygen atoms in total. The maximum Gasteiger partial charge on any atom is 0.248 e. The van der Waals surface area contributed by atoms with E-state index in [9.17, 15) is 9.59 Å². The lowest BCUT2D eigenvalue weighted by Gasteiger charge is -2.34. The van der Waals surface area contributed by atoms with Gasteiger partial charge in [-0.15, -0.1) is 11.3 Å². The molecule has 0 radical (unpaired) electrons. The average molecular weight is 467 g/mol. The first-order chi connectivity index (χ1) is 15.4. The number of rotatable bonds is 7. The van der Waals surface area contributed by atoms with Crippen LogP contribution in [0.5, 0.6) is 0 Å². The highest BCUT2D eigenvalue weighted by molar-refractivity contribution is 7.10. The van der Waals surface area contributed by atoms with Gasteiger partial charge in [0, 0.05) is 10.9 Å². The van der Waals surface area contributed by atoms with Crippen LogP contribution in [0.4, 0.5) is 5.69 Å². The Morgan fingerprint density at radius 3 is 2.41 bits per heavy atom. The van der Waals surface area contributed by atoms with E-state index in [4.69, 9.17) is 0 Å². The molecule has 1 aromatic carbocycles.